The van der Waals surface area contributed by atoms with Gasteiger partial charge in [0.15, 0.2) is 0 Å². The van der Waals surface area contributed by atoms with Crippen molar-refractivity contribution in [2.45, 2.75) is 13.3 Å². The van der Waals surface area contributed by atoms with Gasteiger partial charge in [-0.05, 0) is 18.9 Å². The quantitative estimate of drug-likeness (QED) is 0.579. The largest absolute Gasteiger partial charge is 0.355 e. The molecule has 1 aromatic carbocycles. The zero-order chi connectivity index (χ0) is 11.2. The molecular formula is C12H16N4. The van der Waals surface area contributed by atoms with Crippen LogP contribution in [0.2, 0.25) is 0 Å². The summed E-state index contributed by atoms with van der Waals surface area (Å²) in [7, 11) is 0. The minimum atomic E-state index is 0.765. The highest BCUT2D eigenvalue weighted by molar-refractivity contribution is 5.99. The lowest BCUT2D eigenvalue weighted by molar-refractivity contribution is 0.711. The standard InChI is InChI=1S/C12H16N4/c1-10(11-6-3-2-4-7-11)15-16-12-13-8-5-9-14-12/h2-4,6-7H,5,8-9H2,1H3,(H2,13,14,16)/b15-10+. The van der Waals surface area contributed by atoms with Crippen LogP contribution >= 0.6 is 0 Å². The van der Waals surface area contributed by atoms with Crippen LogP contribution in [0, 0.1) is 0 Å². The predicted molar refractivity (Wildman–Crippen MR) is 66.7 cm³/mol. The Bertz CT molecular complexity index is 395. The van der Waals surface area contributed by atoms with E-state index >= 15 is 0 Å². The maximum Gasteiger partial charge on any atom is 0.212 e. The number of hydrogen-bond donors (Lipinski definition) is 2. The van der Waals surface area contributed by atoms with Gasteiger partial charge in [-0.3, -0.25) is 4.99 Å². The van der Waals surface area contributed by atoms with Crippen LogP contribution in [0.25, 0.3) is 0 Å². The molecule has 2 N–H and O–H groups in total. The average molecular weight is 216 g/mol. The third kappa shape index (κ3) is 2.82. The third-order valence-corrected chi connectivity index (χ3v) is 2.42. The van der Waals surface area contributed by atoms with E-state index in [1.54, 1.807) is 0 Å². The maximum absolute atomic E-state index is 4.29. The van der Waals surface area contributed by atoms with E-state index in [-0.39, 0.29) is 0 Å². The van der Waals surface area contributed by atoms with Gasteiger partial charge in [0.25, 0.3) is 0 Å². The van der Waals surface area contributed by atoms with Crippen molar-refractivity contribution in [3.05, 3.63) is 35.9 Å². The summed E-state index contributed by atoms with van der Waals surface area (Å²) >= 11 is 0. The number of nitrogens with zero attached hydrogens (tertiary/aromatic N) is 2. The van der Waals surface area contributed by atoms with Gasteiger partial charge < -0.3 is 5.32 Å². The van der Waals surface area contributed by atoms with Crippen molar-refractivity contribution in [1.29, 1.82) is 0 Å². The topological polar surface area (TPSA) is 48.8 Å². The first-order chi connectivity index (χ1) is 7.86. The average Bonchev–Trinajstić information content (AvgIpc) is 2.38. The molecule has 1 aliphatic rings. The van der Waals surface area contributed by atoms with Crippen LogP contribution in [0.15, 0.2) is 40.4 Å². The summed E-state index contributed by atoms with van der Waals surface area (Å²) in [4.78, 5) is 4.28. The van der Waals surface area contributed by atoms with Gasteiger partial charge in [0.05, 0.1) is 5.71 Å². The molecule has 0 saturated carbocycles. The molecule has 1 aliphatic heterocycles. The number of aliphatic imine (C=N–C) groups is 1. The Hall–Kier alpha value is -1.84. The highest BCUT2D eigenvalue weighted by Gasteiger charge is 2.02. The van der Waals surface area contributed by atoms with Crippen molar-refractivity contribution < 1.29 is 0 Å². The summed E-state index contributed by atoms with van der Waals surface area (Å²) in [6.07, 6.45) is 1.09. The molecule has 0 fully saturated rings. The highest BCUT2D eigenvalue weighted by Crippen LogP contribution is 1.99. The molecule has 0 amide bonds. The fourth-order valence-electron chi connectivity index (χ4n) is 1.49. The molecule has 0 radical (unpaired) electrons. The van der Waals surface area contributed by atoms with E-state index in [1.807, 2.05) is 37.3 Å². The number of benzene rings is 1. The molecule has 0 bridgehead atoms. The molecule has 0 saturated heterocycles. The highest BCUT2D eigenvalue weighted by atomic mass is 15.4. The molecule has 2 rings (SSSR count). The van der Waals surface area contributed by atoms with Gasteiger partial charge in [-0.2, -0.15) is 5.10 Å². The summed E-state index contributed by atoms with van der Waals surface area (Å²) in [5, 5.41) is 7.45. The molecule has 4 heteroatoms. The van der Waals surface area contributed by atoms with E-state index in [1.165, 1.54) is 0 Å². The number of hydrogen-bond acceptors (Lipinski definition) is 4. The Labute approximate surface area is 95.5 Å². The maximum atomic E-state index is 4.29. The molecule has 1 aromatic rings. The van der Waals surface area contributed by atoms with Gasteiger partial charge >= 0.3 is 0 Å². The van der Waals surface area contributed by atoms with Crippen molar-refractivity contribution in [2.75, 3.05) is 13.1 Å². The Kier molecular flexibility index (Phi) is 3.53. The van der Waals surface area contributed by atoms with Crippen LogP contribution in [0.3, 0.4) is 0 Å². The van der Waals surface area contributed by atoms with Crippen LogP contribution in [-0.2, 0) is 0 Å². The van der Waals surface area contributed by atoms with Gasteiger partial charge in [0, 0.05) is 13.1 Å². The fourth-order valence-corrected chi connectivity index (χ4v) is 1.49. The minimum Gasteiger partial charge on any atom is -0.355 e. The van der Waals surface area contributed by atoms with E-state index in [2.05, 4.69) is 20.8 Å². The molecule has 0 atom stereocenters. The van der Waals surface area contributed by atoms with Gasteiger partial charge in [-0.1, -0.05) is 30.3 Å². The first kappa shape index (κ1) is 10.7. The van der Waals surface area contributed by atoms with Crippen LogP contribution in [-0.4, -0.2) is 24.8 Å². The lowest BCUT2D eigenvalue weighted by Crippen LogP contribution is -2.38. The van der Waals surface area contributed by atoms with Crippen LogP contribution in [0.1, 0.15) is 18.9 Å². The summed E-state index contributed by atoms with van der Waals surface area (Å²) in [6.45, 7) is 3.81. The van der Waals surface area contributed by atoms with Crippen molar-refractivity contribution in [3.8, 4) is 0 Å². The first-order valence-corrected chi connectivity index (χ1v) is 5.50. The normalized spacial score (nSPS) is 16.3. The monoisotopic (exact) mass is 216 g/mol. The van der Waals surface area contributed by atoms with E-state index in [4.69, 9.17) is 0 Å². The second-order valence-electron chi connectivity index (χ2n) is 3.69. The van der Waals surface area contributed by atoms with Crippen molar-refractivity contribution in [2.24, 2.45) is 10.1 Å². The minimum absolute atomic E-state index is 0.765. The predicted octanol–water partition coefficient (Wildman–Crippen LogP) is 1.35. The van der Waals surface area contributed by atoms with Crippen LogP contribution < -0.4 is 10.7 Å². The lowest BCUT2D eigenvalue weighted by Gasteiger charge is -2.13. The number of nitrogens with one attached hydrogen (secondary N) is 2. The van der Waals surface area contributed by atoms with Gasteiger partial charge in [-0.15, -0.1) is 0 Å². The third-order valence-electron chi connectivity index (χ3n) is 2.42. The first-order valence-electron chi connectivity index (χ1n) is 5.50. The van der Waals surface area contributed by atoms with Crippen molar-refractivity contribution in [1.82, 2.24) is 10.7 Å². The molecule has 0 aliphatic carbocycles. The van der Waals surface area contributed by atoms with Crippen molar-refractivity contribution >= 4 is 11.7 Å². The molecule has 0 unspecified atom stereocenters. The lowest BCUT2D eigenvalue weighted by atomic mass is 10.1. The van der Waals surface area contributed by atoms with Crippen LogP contribution in [0.5, 0.6) is 0 Å². The van der Waals surface area contributed by atoms with E-state index in [9.17, 15) is 0 Å². The molecular weight excluding hydrogens is 200 g/mol. The molecule has 1 heterocycles. The number of hydrazone groups is 1. The fraction of sp³-hybridized carbons (Fsp3) is 0.333. The zero-order valence-electron chi connectivity index (χ0n) is 9.40. The summed E-state index contributed by atoms with van der Waals surface area (Å²) in [5.41, 5.74) is 5.02. The summed E-state index contributed by atoms with van der Waals surface area (Å²) in [6, 6.07) is 10.1. The molecule has 0 aromatic heterocycles. The Balaban J connectivity index is 1.99. The molecule has 0 spiro atoms. The Morgan fingerprint density at radius 3 is 2.88 bits per heavy atom. The van der Waals surface area contributed by atoms with Gasteiger partial charge in [-0.25, -0.2) is 5.43 Å². The zero-order valence-corrected chi connectivity index (χ0v) is 9.40. The van der Waals surface area contributed by atoms with E-state index < -0.39 is 0 Å². The Morgan fingerprint density at radius 1 is 1.38 bits per heavy atom. The van der Waals surface area contributed by atoms with Gasteiger partial charge in [0.2, 0.25) is 5.96 Å². The second kappa shape index (κ2) is 5.30. The van der Waals surface area contributed by atoms with E-state index in [0.29, 0.717) is 0 Å². The summed E-state index contributed by atoms with van der Waals surface area (Å²) in [5.74, 6) is 0.765. The molecule has 84 valence electrons. The van der Waals surface area contributed by atoms with Crippen LogP contribution in [0.4, 0.5) is 0 Å². The number of rotatable bonds is 2. The second-order valence-corrected chi connectivity index (χ2v) is 3.69. The SMILES string of the molecule is C/C(=N\NC1=NCCCN1)c1ccccc1. The van der Waals surface area contributed by atoms with Crippen molar-refractivity contribution in [3.63, 3.8) is 0 Å². The smallest absolute Gasteiger partial charge is 0.212 e. The molecule has 4 nitrogen and oxygen atoms in total. The van der Waals surface area contributed by atoms with Gasteiger partial charge in [0.1, 0.15) is 0 Å². The summed E-state index contributed by atoms with van der Waals surface area (Å²) < 4.78 is 0. The Morgan fingerprint density at radius 2 is 2.19 bits per heavy atom. The molecule has 16 heavy (non-hydrogen) atoms. The number of guanidine groups is 1. The van der Waals surface area contributed by atoms with E-state index in [0.717, 1.165) is 36.7 Å².